The van der Waals surface area contributed by atoms with E-state index in [1.807, 2.05) is 0 Å². The predicted molar refractivity (Wildman–Crippen MR) is 59.4 cm³/mol. The smallest absolute Gasteiger partial charge is 0.329 e. The number of carbonyl (C=O) groups is 1. The number of hydrogen-bond acceptors (Lipinski definition) is 3. The van der Waals surface area contributed by atoms with Crippen LogP contribution in [0.1, 0.15) is 4.88 Å². The first-order valence-electron chi connectivity index (χ1n) is 3.95. The van der Waals surface area contributed by atoms with Gasteiger partial charge < -0.3 is 9.84 Å². The second-order valence-electron chi connectivity index (χ2n) is 2.82. The average Bonchev–Trinajstić information content (AvgIpc) is 2.46. The first-order chi connectivity index (χ1) is 7.33. The molecular weight excluding hydrogens is 330 g/mol. The van der Waals surface area contributed by atoms with Crippen molar-refractivity contribution < 1.29 is 23.4 Å². The minimum absolute atomic E-state index is 0.193. The van der Waals surface area contributed by atoms with Crippen LogP contribution in [-0.2, 0) is 15.5 Å². The van der Waals surface area contributed by atoms with Gasteiger partial charge in [-0.2, -0.15) is 8.78 Å². The van der Waals surface area contributed by atoms with Gasteiger partial charge in [0.15, 0.2) is 0 Å². The number of hydrogen-bond donors (Lipinski definition) is 1. The third-order valence-corrected chi connectivity index (χ3v) is 4.10. The van der Waals surface area contributed by atoms with Crippen LogP contribution in [0.4, 0.5) is 8.78 Å². The topological polar surface area (TPSA) is 46.5 Å². The molecule has 0 aromatic carbocycles. The number of alkyl halides is 2. The molecule has 0 bridgehead atoms. The van der Waals surface area contributed by atoms with Crippen LogP contribution < -0.4 is 0 Å². The summed E-state index contributed by atoms with van der Waals surface area (Å²) in [6.07, 6.45) is 0. The lowest BCUT2D eigenvalue weighted by Gasteiger charge is -2.13. The highest BCUT2D eigenvalue weighted by molar-refractivity contribution is 9.11. The maximum atomic E-state index is 13.4. The summed E-state index contributed by atoms with van der Waals surface area (Å²) in [4.78, 5) is 9.82. The van der Waals surface area contributed by atoms with Crippen LogP contribution in [0.25, 0.3) is 0 Å². The van der Waals surface area contributed by atoms with Gasteiger partial charge in [0.1, 0.15) is 13.2 Å². The molecule has 0 unspecified atom stereocenters. The molecule has 0 saturated heterocycles. The van der Waals surface area contributed by atoms with Gasteiger partial charge in [0.25, 0.3) is 0 Å². The number of thiophene rings is 1. The van der Waals surface area contributed by atoms with Crippen molar-refractivity contribution in [2.45, 2.75) is 5.92 Å². The second-order valence-corrected chi connectivity index (χ2v) is 5.60. The third-order valence-electron chi connectivity index (χ3n) is 1.51. The lowest BCUT2D eigenvalue weighted by atomic mass is 10.3. The van der Waals surface area contributed by atoms with Gasteiger partial charge in [0.05, 0.1) is 13.7 Å². The molecule has 0 aliphatic heterocycles. The van der Waals surface area contributed by atoms with E-state index in [0.29, 0.717) is 3.79 Å². The number of carboxylic acids is 1. The summed E-state index contributed by atoms with van der Waals surface area (Å²) in [7, 11) is 0. The Morgan fingerprint density at radius 2 is 2.31 bits per heavy atom. The van der Waals surface area contributed by atoms with E-state index in [4.69, 9.17) is 16.7 Å². The minimum Gasteiger partial charge on any atom is -0.480 e. The Kier molecular flexibility index (Phi) is 4.66. The van der Waals surface area contributed by atoms with E-state index in [0.717, 1.165) is 17.4 Å². The number of ether oxygens (including phenoxy) is 1. The molecule has 0 amide bonds. The Hall–Kier alpha value is -0.240. The first kappa shape index (κ1) is 13.8. The van der Waals surface area contributed by atoms with E-state index in [9.17, 15) is 13.6 Å². The highest BCUT2D eigenvalue weighted by atomic mass is 79.9. The summed E-state index contributed by atoms with van der Waals surface area (Å²) in [6.45, 7) is -1.74. The van der Waals surface area contributed by atoms with Gasteiger partial charge >= 0.3 is 11.9 Å². The Bertz CT molecular complexity index is 377. The van der Waals surface area contributed by atoms with Crippen molar-refractivity contribution in [2.75, 3.05) is 13.2 Å². The summed E-state index contributed by atoms with van der Waals surface area (Å²) in [5.74, 6) is -4.53. The lowest BCUT2D eigenvalue weighted by Crippen LogP contribution is -2.22. The van der Waals surface area contributed by atoms with Crippen LogP contribution in [-0.4, -0.2) is 24.3 Å². The van der Waals surface area contributed by atoms with Crippen LogP contribution in [0, 0.1) is 0 Å². The number of aliphatic carboxylic acids is 1. The zero-order valence-corrected chi connectivity index (χ0v) is 10.8. The lowest BCUT2D eigenvalue weighted by molar-refractivity contribution is -0.147. The molecule has 1 N–H and O–H groups in total. The minimum atomic E-state index is -3.24. The molecule has 1 aromatic heterocycles. The molecular formula is C8H6BrClF2O3S. The molecule has 90 valence electrons. The highest BCUT2D eigenvalue weighted by Gasteiger charge is 2.34. The number of rotatable bonds is 5. The fraction of sp³-hybridized carbons (Fsp3) is 0.375. The third kappa shape index (κ3) is 3.65. The molecule has 3 nitrogen and oxygen atoms in total. The summed E-state index contributed by atoms with van der Waals surface area (Å²) >= 11 is 9.42. The van der Waals surface area contributed by atoms with E-state index in [-0.39, 0.29) is 9.90 Å². The van der Waals surface area contributed by atoms with Crippen LogP contribution in [0.15, 0.2) is 9.85 Å². The molecule has 0 atom stereocenters. The largest absolute Gasteiger partial charge is 0.480 e. The van der Waals surface area contributed by atoms with Crippen molar-refractivity contribution >= 4 is 44.8 Å². The molecule has 0 aliphatic carbocycles. The second kappa shape index (κ2) is 5.39. The van der Waals surface area contributed by atoms with Gasteiger partial charge in [-0.15, -0.1) is 11.3 Å². The molecule has 0 radical (unpaired) electrons. The molecule has 0 spiro atoms. The average molecular weight is 336 g/mol. The standard InChI is InChI=1S/C8H6BrClF2O3S/c9-7-4(10)1-5(16-7)8(11,12)3-15-2-6(13)14/h1H,2-3H2,(H,13,14). The van der Waals surface area contributed by atoms with Crippen molar-refractivity contribution in [1.29, 1.82) is 0 Å². The Balaban J connectivity index is 2.66. The van der Waals surface area contributed by atoms with Crippen LogP contribution in [0.5, 0.6) is 0 Å². The van der Waals surface area contributed by atoms with E-state index < -0.39 is 25.1 Å². The Morgan fingerprint density at radius 3 is 2.75 bits per heavy atom. The van der Waals surface area contributed by atoms with E-state index >= 15 is 0 Å². The van der Waals surface area contributed by atoms with Crippen molar-refractivity contribution in [1.82, 2.24) is 0 Å². The quantitative estimate of drug-likeness (QED) is 0.897. The molecule has 1 aromatic rings. The van der Waals surface area contributed by atoms with Crippen molar-refractivity contribution in [2.24, 2.45) is 0 Å². The van der Waals surface area contributed by atoms with Crippen LogP contribution in [0.3, 0.4) is 0 Å². The molecule has 16 heavy (non-hydrogen) atoms. The molecule has 0 aliphatic rings. The van der Waals surface area contributed by atoms with Crippen LogP contribution in [0.2, 0.25) is 5.02 Å². The van der Waals surface area contributed by atoms with E-state index in [1.165, 1.54) is 0 Å². The van der Waals surface area contributed by atoms with Gasteiger partial charge in [-0.3, -0.25) is 0 Å². The Morgan fingerprint density at radius 1 is 1.69 bits per heavy atom. The summed E-state index contributed by atoms with van der Waals surface area (Å²) in [6, 6.07) is 1.13. The fourth-order valence-corrected chi connectivity index (χ4v) is 2.53. The van der Waals surface area contributed by atoms with E-state index in [1.54, 1.807) is 0 Å². The number of halogens is 4. The maximum absolute atomic E-state index is 13.4. The zero-order valence-electron chi connectivity index (χ0n) is 7.68. The number of carboxylic acid groups (broad SMARTS) is 1. The maximum Gasteiger partial charge on any atom is 0.329 e. The van der Waals surface area contributed by atoms with Crippen LogP contribution >= 0.6 is 38.9 Å². The SMILES string of the molecule is O=C(O)COCC(F)(F)c1cc(Cl)c(Br)s1. The van der Waals surface area contributed by atoms with Crippen molar-refractivity contribution in [3.8, 4) is 0 Å². The first-order valence-corrected chi connectivity index (χ1v) is 5.94. The summed E-state index contributed by atoms with van der Waals surface area (Å²) in [5.41, 5.74) is 0. The fourth-order valence-electron chi connectivity index (χ4n) is 0.864. The van der Waals surface area contributed by atoms with E-state index in [2.05, 4.69) is 20.7 Å². The van der Waals surface area contributed by atoms with Gasteiger partial charge in [-0.1, -0.05) is 11.6 Å². The highest BCUT2D eigenvalue weighted by Crippen LogP contribution is 2.40. The van der Waals surface area contributed by atoms with Crippen molar-refractivity contribution in [3.05, 3.63) is 19.8 Å². The summed E-state index contributed by atoms with van der Waals surface area (Å²) < 4.78 is 31.6. The predicted octanol–water partition coefficient (Wildman–Crippen LogP) is 3.36. The summed E-state index contributed by atoms with van der Waals surface area (Å²) in [5, 5.41) is 8.43. The molecule has 0 saturated carbocycles. The van der Waals surface area contributed by atoms with Gasteiger partial charge in [-0.25, -0.2) is 4.79 Å². The van der Waals surface area contributed by atoms with Crippen molar-refractivity contribution in [3.63, 3.8) is 0 Å². The van der Waals surface area contributed by atoms with Gasteiger partial charge in [0.2, 0.25) is 0 Å². The monoisotopic (exact) mass is 334 g/mol. The zero-order chi connectivity index (χ0) is 12.3. The molecule has 1 heterocycles. The molecule has 8 heteroatoms. The normalized spacial score (nSPS) is 11.8. The Labute approximate surface area is 107 Å². The van der Waals surface area contributed by atoms with Gasteiger partial charge in [-0.05, 0) is 22.0 Å². The molecule has 1 rings (SSSR count). The molecule has 0 fully saturated rings. The van der Waals surface area contributed by atoms with Gasteiger partial charge in [0, 0.05) is 0 Å².